The van der Waals surface area contributed by atoms with E-state index in [1.165, 1.54) is 12.0 Å². The Morgan fingerprint density at radius 2 is 2.08 bits per heavy atom. The molecule has 1 atom stereocenters. The molecule has 1 aliphatic rings. The number of nitrogens with one attached hydrogen (secondary N) is 2. The minimum absolute atomic E-state index is 0.394. The van der Waals surface area contributed by atoms with Crippen LogP contribution >= 0.6 is 11.3 Å². The van der Waals surface area contributed by atoms with E-state index in [4.69, 9.17) is 4.98 Å². The molecule has 1 saturated heterocycles. The third kappa shape index (κ3) is 3.86. The number of benzene rings is 1. The van der Waals surface area contributed by atoms with Crippen LogP contribution in [0.2, 0.25) is 0 Å². The molecule has 6 heteroatoms. The van der Waals surface area contributed by atoms with Crippen molar-refractivity contribution in [1.82, 2.24) is 20.3 Å². The number of nitrogens with zero attached hydrogens (tertiary/aromatic N) is 3. The number of hydrogen-bond acceptors (Lipinski definition) is 6. The van der Waals surface area contributed by atoms with E-state index in [0.29, 0.717) is 5.92 Å². The first-order valence-corrected chi connectivity index (χ1v) is 9.44. The molecule has 0 aliphatic carbocycles. The zero-order valence-corrected chi connectivity index (χ0v) is 15.0. The van der Waals surface area contributed by atoms with E-state index in [1.807, 2.05) is 37.4 Å². The van der Waals surface area contributed by atoms with Crippen LogP contribution in [0.4, 0.5) is 10.9 Å². The Labute approximate surface area is 151 Å². The Morgan fingerprint density at radius 3 is 2.88 bits per heavy atom. The first kappa shape index (κ1) is 16.2. The van der Waals surface area contributed by atoms with Crippen LogP contribution in [-0.4, -0.2) is 28.0 Å². The van der Waals surface area contributed by atoms with E-state index in [2.05, 4.69) is 32.7 Å². The largest absolute Gasteiger partial charge is 0.316 e. The van der Waals surface area contributed by atoms with Crippen LogP contribution in [0.1, 0.15) is 30.3 Å². The second kappa shape index (κ2) is 7.29. The monoisotopic (exact) mass is 351 g/mol. The molecule has 128 valence electrons. The van der Waals surface area contributed by atoms with E-state index >= 15 is 0 Å². The van der Waals surface area contributed by atoms with Gasteiger partial charge in [0, 0.05) is 30.4 Å². The highest BCUT2D eigenvalue weighted by molar-refractivity contribution is 7.18. The highest BCUT2D eigenvalue weighted by Crippen LogP contribution is 2.30. The molecular weight excluding hydrogens is 330 g/mol. The van der Waals surface area contributed by atoms with Gasteiger partial charge in [-0.1, -0.05) is 41.7 Å². The highest BCUT2D eigenvalue weighted by Gasteiger charge is 2.19. The molecule has 2 N–H and O–H groups in total. The zero-order valence-electron chi connectivity index (χ0n) is 14.2. The van der Waals surface area contributed by atoms with Crippen molar-refractivity contribution in [3.8, 4) is 10.4 Å². The average Bonchev–Trinajstić information content (AvgIpc) is 3.11. The summed E-state index contributed by atoms with van der Waals surface area (Å²) in [6.07, 6.45) is 4.23. The fourth-order valence-corrected chi connectivity index (χ4v) is 3.92. The number of hydrogen-bond donors (Lipinski definition) is 2. The Bertz CT molecular complexity index is 840. The summed E-state index contributed by atoms with van der Waals surface area (Å²) < 4.78 is 0. The quantitative estimate of drug-likeness (QED) is 0.740. The van der Waals surface area contributed by atoms with Gasteiger partial charge in [-0.15, -0.1) is 0 Å². The molecule has 0 radical (unpaired) electrons. The van der Waals surface area contributed by atoms with Crippen molar-refractivity contribution < 1.29 is 0 Å². The number of aromatic nitrogens is 3. The summed E-state index contributed by atoms with van der Waals surface area (Å²) in [5.74, 6) is 2.14. The predicted molar refractivity (Wildman–Crippen MR) is 102 cm³/mol. The minimum atomic E-state index is 0.394. The van der Waals surface area contributed by atoms with Crippen molar-refractivity contribution in [3.63, 3.8) is 0 Å². The molecule has 4 rings (SSSR count). The molecule has 0 spiro atoms. The van der Waals surface area contributed by atoms with Crippen molar-refractivity contribution in [3.05, 3.63) is 54.1 Å². The SMILES string of the molecule is Cc1cc(Nc2ncc(-c3ccccc3)s2)nc([C@H]2CCCNC2)n1. The lowest BCUT2D eigenvalue weighted by Gasteiger charge is -2.22. The summed E-state index contributed by atoms with van der Waals surface area (Å²) in [4.78, 5) is 15.0. The third-order valence-corrected chi connectivity index (χ3v) is 5.29. The van der Waals surface area contributed by atoms with Crippen molar-refractivity contribution in [1.29, 1.82) is 0 Å². The minimum Gasteiger partial charge on any atom is -0.316 e. The van der Waals surface area contributed by atoms with E-state index in [0.717, 1.165) is 46.9 Å². The molecule has 0 saturated carbocycles. The molecule has 0 amide bonds. The van der Waals surface area contributed by atoms with Gasteiger partial charge in [-0.2, -0.15) is 0 Å². The Hall–Kier alpha value is -2.31. The van der Waals surface area contributed by atoms with Gasteiger partial charge in [0.25, 0.3) is 0 Å². The van der Waals surface area contributed by atoms with E-state index < -0.39 is 0 Å². The molecule has 0 bridgehead atoms. The fourth-order valence-electron chi connectivity index (χ4n) is 3.09. The summed E-state index contributed by atoms with van der Waals surface area (Å²) in [6, 6.07) is 12.3. The van der Waals surface area contributed by atoms with Gasteiger partial charge < -0.3 is 10.6 Å². The summed E-state index contributed by atoms with van der Waals surface area (Å²) in [5.41, 5.74) is 2.17. The maximum absolute atomic E-state index is 4.74. The topological polar surface area (TPSA) is 62.7 Å². The Morgan fingerprint density at radius 1 is 1.20 bits per heavy atom. The second-order valence-corrected chi connectivity index (χ2v) is 7.35. The number of anilines is 2. The summed E-state index contributed by atoms with van der Waals surface area (Å²) in [6.45, 7) is 4.07. The van der Waals surface area contributed by atoms with Gasteiger partial charge >= 0.3 is 0 Å². The molecule has 2 aromatic heterocycles. The summed E-state index contributed by atoms with van der Waals surface area (Å²) in [5, 5.41) is 7.63. The molecular formula is C19H21N5S. The van der Waals surface area contributed by atoms with Gasteiger partial charge in [-0.3, -0.25) is 0 Å². The standard InChI is InChI=1S/C19H21N5S/c1-13-10-17(23-18(22-13)15-8-5-9-20-11-15)24-19-21-12-16(25-19)14-6-3-2-4-7-14/h2-4,6-7,10,12,15,20H,5,8-9,11H2,1H3,(H,21,22,23,24)/t15-/m0/s1. The van der Waals surface area contributed by atoms with Crippen molar-refractivity contribution in [2.24, 2.45) is 0 Å². The fraction of sp³-hybridized carbons (Fsp3) is 0.316. The van der Waals surface area contributed by atoms with Crippen LogP contribution in [0.5, 0.6) is 0 Å². The highest BCUT2D eigenvalue weighted by atomic mass is 32.1. The maximum atomic E-state index is 4.74. The molecule has 3 heterocycles. The lowest BCUT2D eigenvalue weighted by molar-refractivity contribution is 0.446. The lowest BCUT2D eigenvalue weighted by Crippen LogP contribution is -2.29. The normalized spacial score (nSPS) is 17.4. The van der Waals surface area contributed by atoms with Gasteiger partial charge in [-0.05, 0) is 31.9 Å². The van der Waals surface area contributed by atoms with E-state index in [-0.39, 0.29) is 0 Å². The average molecular weight is 351 g/mol. The van der Waals surface area contributed by atoms with Crippen LogP contribution in [0.15, 0.2) is 42.6 Å². The van der Waals surface area contributed by atoms with Gasteiger partial charge in [0.15, 0.2) is 5.13 Å². The van der Waals surface area contributed by atoms with Crippen molar-refractivity contribution in [2.45, 2.75) is 25.7 Å². The van der Waals surface area contributed by atoms with E-state index in [9.17, 15) is 0 Å². The molecule has 5 nitrogen and oxygen atoms in total. The summed E-state index contributed by atoms with van der Waals surface area (Å²) >= 11 is 1.63. The van der Waals surface area contributed by atoms with E-state index in [1.54, 1.807) is 11.3 Å². The predicted octanol–water partition coefficient (Wildman–Crippen LogP) is 4.12. The van der Waals surface area contributed by atoms with Gasteiger partial charge in [0.05, 0.1) is 4.88 Å². The van der Waals surface area contributed by atoms with Crippen molar-refractivity contribution >= 4 is 22.3 Å². The maximum Gasteiger partial charge on any atom is 0.188 e. The number of piperidine rings is 1. The Kier molecular flexibility index (Phi) is 4.72. The number of aryl methyl sites for hydroxylation is 1. The number of rotatable bonds is 4. The molecule has 1 fully saturated rings. The smallest absolute Gasteiger partial charge is 0.188 e. The van der Waals surface area contributed by atoms with Crippen LogP contribution in [0, 0.1) is 6.92 Å². The lowest BCUT2D eigenvalue weighted by atomic mass is 9.99. The molecule has 1 aromatic carbocycles. The third-order valence-electron chi connectivity index (χ3n) is 4.33. The van der Waals surface area contributed by atoms with Crippen LogP contribution in [0.3, 0.4) is 0 Å². The van der Waals surface area contributed by atoms with Crippen LogP contribution < -0.4 is 10.6 Å². The molecule has 25 heavy (non-hydrogen) atoms. The first-order chi connectivity index (χ1) is 12.3. The molecule has 3 aromatic rings. The summed E-state index contributed by atoms with van der Waals surface area (Å²) in [7, 11) is 0. The van der Waals surface area contributed by atoms with Crippen LogP contribution in [0.25, 0.3) is 10.4 Å². The zero-order chi connectivity index (χ0) is 17.1. The van der Waals surface area contributed by atoms with Gasteiger partial charge in [0.2, 0.25) is 0 Å². The second-order valence-electron chi connectivity index (χ2n) is 6.32. The molecule has 1 aliphatic heterocycles. The van der Waals surface area contributed by atoms with Crippen LogP contribution in [-0.2, 0) is 0 Å². The molecule has 0 unspecified atom stereocenters. The van der Waals surface area contributed by atoms with Gasteiger partial charge in [0.1, 0.15) is 11.6 Å². The number of thiazole rings is 1. The van der Waals surface area contributed by atoms with Crippen molar-refractivity contribution in [2.75, 3.05) is 18.4 Å². The first-order valence-electron chi connectivity index (χ1n) is 8.62. The Balaban J connectivity index is 1.54. The van der Waals surface area contributed by atoms with Gasteiger partial charge in [-0.25, -0.2) is 15.0 Å².